The molecule has 0 bridgehead atoms. The van der Waals surface area contributed by atoms with Crippen LogP contribution in [0.5, 0.6) is 0 Å². The fourth-order valence-electron chi connectivity index (χ4n) is 2.05. The van der Waals surface area contributed by atoms with Crippen LogP contribution in [0.1, 0.15) is 5.56 Å². The van der Waals surface area contributed by atoms with E-state index in [4.69, 9.17) is 0 Å². The van der Waals surface area contributed by atoms with E-state index in [9.17, 15) is 0 Å². The topological polar surface area (TPSA) is 0 Å². The molecule has 0 fully saturated rings. The summed E-state index contributed by atoms with van der Waals surface area (Å²) in [5.74, 6) is 0. The number of benzene rings is 2. The molecule has 1 radical (unpaired) electrons. The molecule has 0 N–H and O–H groups in total. The average Bonchev–Trinajstić information content (AvgIpc) is 2.38. The van der Waals surface area contributed by atoms with Crippen molar-refractivity contribution >= 4 is 36.6 Å². The summed E-state index contributed by atoms with van der Waals surface area (Å²) in [4.78, 5) is 0. The van der Waals surface area contributed by atoms with Gasteiger partial charge in [0.05, 0.1) is 8.80 Å². The van der Waals surface area contributed by atoms with Gasteiger partial charge in [-0.15, -0.1) is 0 Å². The van der Waals surface area contributed by atoms with Crippen molar-refractivity contribution in [3.05, 3.63) is 54.1 Å². The van der Waals surface area contributed by atoms with Gasteiger partial charge in [-0.05, 0) is 16.7 Å². The summed E-state index contributed by atoms with van der Waals surface area (Å²) < 4.78 is 1.07. The Balaban J connectivity index is 2.60. The standard InChI is InChI=1S/C15H16ISi/c1-17(2)15-10-6-5-9-14(15)13-8-4-3-7-12(13)11-16/h3-10H,11H2,1-2H3. The number of halogens is 1. The van der Waals surface area contributed by atoms with Crippen LogP contribution in [-0.2, 0) is 4.43 Å². The van der Waals surface area contributed by atoms with E-state index >= 15 is 0 Å². The Labute approximate surface area is 119 Å². The van der Waals surface area contributed by atoms with Gasteiger partial charge in [0.15, 0.2) is 0 Å². The Kier molecular flexibility index (Phi) is 4.40. The summed E-state index contributed by atoms with van der Waals surface area (Å²) in [6.45, 7) is 4.71. The largest absolute Gasteiger partial charge is 0.0812 e. The minimum absolute atomic E-state index is 0.416. The highest BCUT2D eigenvalue weighted by atomic mass is 127. The first kappa shape index (κ1) is 12.8. The second kappa shape index (κ2) is 5.82. The van der Waals surface area contributed by atoms with Crippen molar-refractivity contribution in [1.82, 2.24) is 0 Å². The van der Waals surface area contributed by atoms with Crippen molar-refractivity contribution in [2.24, 2.45) is 0 Å². The van der Waals surface area contributed by atoms with E-state index in [0.717, 1.165) is 4.43 Å². The van der Waals surface area contributed by atoms with Crippen LogP contribution in [0.4, 0.5) is 0 Å². The van der Waals surface area contributed by atoms with E-state index in [0.29, 0.717) is 0 Å². The van der Waals surface area contributed by atoms with E-state index in [-0.39, 0.29) is 0 Å². The van der Waals surface area contributed by atoms with E-state index in [1.54, 1.807) is 0 Å². The zero-order valence-electron chi connectivity index (χ0n) is 10.2. The lowest BCUT2D eigenvalue weighted by Crippen LogP contribution is -2.24. The quantitative estimate of drug-likeness (QED) is 0.441. The third-order valence-corrected chi connectivity index (χ3v) is 5.25. The molecule has 0 heterocycles. The van der Waals surface area contributed by atoms with Crippen LogP contribution in [0.15, 0.2) is 48.5 Å². The number of alkyl halides is 1. The van der Waals surface area contributed by atoms with Crippen LogP contribution in [0, 0.1) is 0 Å². The minimum Gasteiger partial charge on any atom is -0.0812 e. The highest BCUT2D eigenvalue weighted by Gasteiger charge is 2.10. The zero-order valence-corrected chi connectivity index (χ0v) is 13.4. The Hall–Kier alpha value is -0.613. The van der Waals surface area contributed by atoms with Gasteiger partial charge in [0.25, 0.3) is 0 Å². The molecule has 2 rings (SSSR count). The monoisotopic (exact) mass is 351 g/mol. The third-order valence-electron chi connectivity index (χ3n) is 2.92. The van der Waals surface area contributed by atoms with E-state index in [1.807, 2.05) is 0 Å². The summed E-state index contributed by atoms with van der Waals surface area (Å²) in [7, 11) is -0.416. The first-order chi connectivity index (χ1) is 8.24. The fourth-order valence-corrected chi connectivity index (χ4v) is 3.90. The third kappa shape index (κ3) is 2.80. The molecule has 0 unspecified atom stereocenters. The molecular formula is C15H16ISi. The smallest absolute Gasteiger partial charge is 0.0799 e. The summed E-state index contributed by atoms with van der Waals surface area (Å²) in [5.41, 5.74) is 4.27. The zero-order chi connectivity index (χ0) is 12.3. The SMILES string of the molecule is C[Si](C)c1ccccc1-c1ccccc1CI. The van der Waals surface area contributed by atoms with Crippen molar-refractivity contribution in [3.8, 4) is 11.1 Å². The fraction of sp³-hybridized carbons (Fsp3) is 0.200. The summed E-state index contributed by atoms with van der Waals surface area (Å²) in [5, 5.41) is 1.54. The lowest BCUT2D eigenvalue weighted by atomic mass is 10.0. The normalized spacial score (nSPS) is 10.8. The molecule has 0 aliphatic carbocycles. The Morgan fingerprint density at radius 1 is 0.882 bits per heavy atom. The van der Waals surface area contributed by atoms with Gasteiger partial charge in [0.2, 0.25) is 0 Å². The number of hydrogen-bond donors (Lipinski definition) is 0. The Bertz CT molecular complexity index is 506. The summed E-state index contributed by atoms with van der Waals surface area (Å²) >= 11 is 2.44. The Morgan fingerprint density at radius 3 is 2.12 bits per heavy atom. The van der Waals surface area contributed by atoms with Gasteiger partial charge in [-0.1, -0.05) is 89.4 Å². The first-order valence-electron chi connectivity index (χ1n) is 5.78. The lowest BCUT2D eigenvalue weighted by Gasteiger charge is -2.14. The molecule has 0 nitrogen and oxygen atoms in total. The summed E-state index contributed by atoms with van der Waals surface area (Å²) in [6, 6.07) is 17.6. The first-order valence-corrected chi connectivity index (χ1v) is 9.80. The molecule has 0 spiro atoms. The van der Waals surface area contributed by atoms with Crippen molar-refractivity contribution in [3.63, 3.8) is 0 Å². The molecular weight excluding hydrogens is 335 g/mol. The van der Waals surface area contributed by atoms with Crippen LogP contribution in [0.2, 0.25) is 13.1 Å². The van der Waals surface area contributed by atoms with Crippen LogP contribution >= 0.6 is 22.6 Å². The van der Waals surface area contributed by atoms with E-state index in [1.165, 1.54) is 21.9 Å². The second-order valence-electron chi connectivity index (χ2n) is 4.34. The van der Waals surface area contributed by atoms with Gasteiger partial charge in [-0.2, -0.15) is 0 Å². The predicted molar refractivity (Wildman–Crippen MR) is 86.7 cm³/mol. The van der Waals surface area contributed by atoms with Gasteiger partial charge >= 0.3 is 0 Å². The lowest BCUT2D eigenvalue weighted by molar-refractivity contribution is 1.45. The van der Waals surface area contributed by atoms with Crippen LogP contribution < -0.4 is 5.19 Å². The van der Waals surface area contributed by atoms with E-state index in [2.05, 4.69) is 84.2 Å². The van der Waals surface area contributed by atoms with Crippen LogP contribution in [0.3, 0.4) is 0 Å². The van der Waals surface area contributed by atoms with Gasteiger partial charge < -0.3 is 0 Å². The highest BCUT2D eigenvalue weighted by Crippen LogP contribution is 2.24. The molecule has 2 heteroatoms. The number of rotatable bonds is 3. The van der Waals surface area contributed by atoms with Crippen LogP contribution in [0.25, 0.3) is 11.1 Å². The molecule has 17 heavy (non-hydrogen) atoms. The van der Waals surface area contributed by atoms with Crippen molar-refractivity contribution in [1.29, 1.82) is 0 Å². The van der Waals surface area contributed by atoms with Crippen molar-refractivity contribution in [2.45, 2.75) is 17.5 Å². The molecule has 87 valence electrons. The Morgan fingerprint density at radius 2 is 1.47 bits per heavy atom. The predicted octanol–water partition coefficient (Wildman–Crippen LogP) is 4.25. The molecule has 2 aromatic rings. The van der Waals surface area contributed by atoms with Crippen molar-refractivity contribution < 1.29 is 0 Å². The van der Waals surface area contributed by atoms with Gasteiger partial charge in [-0.3, -0.25) is 0 Å². The number of hydrogen-bond acceptors (Lipinski definition) is 0. The average molecular weight is 351 g/mol. The van der Waals surface area contributed by atoms with E-state index < -0.39 is 8.80 Å². The maximum atomic E-state index is 2.44. The molecule has 0 aromatic heterocycles. The minimum atomic E-state index is -0.416. The van der Waals surface area contributed by atoms with Crippen molar-refractivity contribution in [2.75, 3.05) is 0 Å². The summed E-state index contributed by atoms with van der Waals surface area (Å²) in [6.07, 6.45) is 0. The maximum absolute atomic E-state index is 2.44. The molecule has 0 saturated heterocycles. The maximum Gasteiger partial charge on any atom is 0.0799 e. The molecule has 0 saturated carbocycles. The molecule has 0 atom stereocenters. The van der Waals surface area contributed by atoms with Gasteiger partial charge in [-0.25, -0.2) is 0 Å². The van der Waals surface area contributed by atoms with Crippen LogP contribution in [-0.4, -0.2) is 8.80 Å². The van der Waals surface area contributed by atoms with Gasteiger partial charge in [0, 0.05) is 4.43 Å². The van der Waals surface area contributed by atoms with Gasteiger partial charge in [0.1, 0.15) is 0 Å². The molecule has 0 amide bonds. The highest BCUT2D eigenvalue weighted by molar-refractivity contribution is 14.1. The molecule has 2 aromatic carbocycles. The molecule has 0 aliphatic rings. The second-order valence-corrected chi connectivity index (χ2v) is 7.64. The molecule has 0 aliphatic heterocycles.